The molecule has 19 heavy (non-hydrogen) atoms. The zero-order valence-electron chi connectivity index (χ0n) is 11.7. The predicted octanol–water partition coefficient (Wildman–Crippen LogP) is 2.53. The van der Waals surface area contributed by atoms with Gasteiger partial charge in [-0.3, -0.25) is 0 Å². The molecule has 104 valence electrons. The Bertz CT molecular complexity index is 429. The van der Waals surface area contributed by atoms with E-state index in [1.54, 1.807) is 0 Å². The van der Waals surface area contributed by atoms with Crippen molar-refractivity contribution in [3.05, 3.63) is 29.3 Å². The van der Waals surface area contributed by atoms with Gasteiger partial charge < -0.3 is 14.6 Å². The van der Waals surface area contributed by atoms with E-state index in [4.69, 9.17) is 14.6 Å². The summed E-state index contributed by atoms with van der Waals surface area (Å²) in [6, 6.07) is 5.84. The molecule has 0 fully saturated rings. The average Bonchev–Trinajstić information content (AvgIpc) is 2.42. The van der Waals surface area contributed by atoms with Crippen LogP contribution in [0.3, 0.4) is 0 Å². The monoisotopic (exact) mass is 262 g/mol. The summed E-state index contributed by atoms with van der Waals surface area (Å²) in [6.07, 6.45) is 2.22. The van der Waals surface area contributed by atoms with Crippen LogP contribution in [0.25, 0.3) is 0 Å². The molecule has 0 spiro atoms. The van der Waals surface area contributed by atoms with Crippen molar-refractivity contribution in [2.75, 3.05) is 26.4 Å². The molecule has 0 saturated heterocycles. The summed E-state index contributed by atoms with van der Waals surface area (Å²) >= 11 is 0. The van der Waals surface area contributed by atoms with E-state index in [0.717, 1.165) is 36.3 Å². The fourth-order valence-corrected chi connectivity index (χ4v) is 1.56. The molecule has 0 saturated carbocycles. The van der Waals surface area contributed by atoms with Crippen molar-refractivity contribution < 1.29 is 14.6 Å². The van der Waals surface area contributed by atoms with Crippen LogP contribution >= 0.6 is 0 Å². The Morgan fingerprint density at radius 2 is 2.05 bits per heavy atom. The number of ether oxygens (including phenoxy) is 2. The number of hydrogen-bond acceptors (Lipinski definition) is 3. The molecule has 3 heteroatoms. The van der Waals surface area contributed by atoms with Crippen molar-refractivity contribution in [3.63, 3.8) is 0 Å². The Kier molecular flexibility index (Phi) is 7.72. The Balaban J connectivity index is 2.48. The van der Waals surface area contributed by atoms with Crippen LogP contribution in [0.4, 0.5) is 0 Å². The molecule has 0 atom stereocenters. The highest BCUT2D eigenvalue weighted by Gasteiger charge is 2.01. The molecule has 0 amide bonds. The van der Waals surface area contributed by atoms with Crippen LogP contribution in [-0.2, 0) is 4.74 Å². The van der Waals surface area contributed by atoms with E-state index in [1.165, 1.54) is 0 Å². The fraction of sp³-hybridized carbons (Fsp3) is 0.500. The number of benzene rings is 1. The van der Waals surface area contributed by atoms with Gasteiger partial charge >= 0.3 is 0 Å². The highest BCUT2D eigenvalue weighted by Crippen LogP contribution is 2.18. The molecule has 0 aromatic heterocycles. The standard InChI is InChI=1S/C16H22O3/c1-3-4-10-18-11-12-19-16-8-7-14(2)13-15(16)6-5-9-17/h7-8,13,17H,3-4,9-12H2,1-2H3. The first-order chi connectivity index (χ1) is 9.27. The molecule has 0 unspecified atom stereocenters. The zero-order chi connectivity index (χ0) is 13.9. The zero-order valence-corrected chi connectivity index (χ0v) is 11.7. The summed E-state index contributed by atoms with van der Waals surface area (Å²) in [6.45, 7) is 5.87. The molecule has 3 nitrogen and oxygen atoms in total. The normalized spacial score (nSPS) is 9.84. The largest absolute Gasteiger partial charge is 0.490 e. The Morgan fingerprint density at radius 3 is 2.79 bits per heavy atom. The third kappa shape index (κ3) is 6.28. The van der Waals surface area contributed by atoms with E-state index < -0.39 is 0 Å². The molecular weight excluding hydrogens is 240 g/mol. The molecule has 0 aliphatic carbocycles. The van der Waals surface area contributed by atoms with Gasteiger partial charge in [0, 0.05) is 6.61 Å². The lowest BCUT2D eigenvalue weighted by Gasteiger charge is -2.09. The molecule has 1 N–H and O–H groups in total. The molecule has 0 aliphatic rings. The van der Waals surface area contributed by atoms with Gasteiger partial charge in [0.1, 0.15) is 19.0 Å². The summed E-state index contributed by atoms with van der Waals surface area (Å²) < 4.78 is 11.1. The molecule has 0 aliphatic heterocycles. The van der Waals surface area contributed by atoms with E-state index >= 15 is 0 Å². The molecule has 0 radical (unpaired) electrons. The topological polar surface area (TPSA) is 38.7 Å². The minimum absolute atomic E-state index is 0.145. The lowest BCUT2D eigenvalue weighted by atomic mass is 10.1. The van der Waals surface area contributed by atoms with Crippen LogP contribution in [-0.4, -0.2) is 31.5 Å². The van der Waals surface area contributed by atoms with Crippen LogP contribution in [0.1, 0.15) is 30.9 Å². The van der Waals surface area contributed by atoms with Gasteiger partial charge in [0.2, 0.25) is 0 Å². The number of aryl methyl sites for hydroxylation is 1. The van der Waals surface area contributed by atoms with Crippen LogP contribution in [0, 0.1) is 18.8 Å². The molecule has 0 bridgehead atoms. The fourth-order valence-electron chi connectivity index (χ4n) is 1.56. The molecule has 0 heterocycles. The van der Waals surface area contributed by atoms with E-state index in [0.29, 0.717) is 13.2 Å². The van der Waals surface area contributed by atoms with Crippen molar-refractivity contribution in [1.82, 2.24) is 0 Å². The van der Waals surface area contributed by atoms with Crippen molar-refractivity contribution in [2.45, 2.75) is 26.7 Å². The number of aliphatic hydroxyl groups is 1. The second kappa shape index (κ2) is 9.43. The lowest BCUT2D eigenvalue weighted by Crippen LogP contribution is -2.08. The maximum absolute atomic E-state index is 8.75. The minimum Gasteiger partial charge on any atom is -0.490 e. The summed E-state index contributed by atoms with van der Waals surface area (Å²) in [5, 5.41) is 8.75. The first-order valence-electron chi connectivity index (χ1n) is 6.69. The molecule has 1 aromatic rings. The summed E-state index contributed by atoms with van der Waals surface area (Å²) in [5.41, 5.74) is 1.93. The van der Waals surface area contributed by atoms with E-state index in [2.05, 4.69) is 18.8 Å². The first kappa shape index (κ1) is 15.6. The van der Waals surface area contributed by atoms with E-state index in [1.807, 2.05) is 25.1 Å². The maximum Gasteiger partial charge on any atom is 0.135 e. The van der Waals surface area contributed by atoms with Crippen LogP contribution < -0.4 is 4.74 Å². The van der Waals surface area contributed by atoms with Gasteiger partial charge in [-0.25, -0.2) is 0 Å². The molecular formula is C16H22O3. The Morgan fingerprint density at radius 1 is 1.21 bits per heavy atom. The third-order valence-electron chi connectivity index (χ3n) is 2.56. The third-order valence-corrected chi connectivity index (χ3v) is 2.56. The first-order valence-corrected chi connectivity index (χ1v) is 6.69. The van der Waals surface area contributed by atoms with Crippen LogP contribution in [0.15, 0.2) is 18.2 Å². The summed E-state index contributed by atoms with van der Waals surface area (Å²) in [4.78, 5) is 0. The highest BCUT2D eigenvalue weighted by molar-refractivity contribution is 5.48. The number of hydrogen-bond donors (Lipinski definition) is 1. The average molecular weight is 262 g/mol. The van der Waals surface area contributed by atoms with Crippen molar-refractivity contribution in [3.8, 4) is 17.6 Å². The second-order valence-corrected chi connectivity index (χ2v) is 4.27. The van der Waals surface area contributed by atoms with Crippen LogP contribution in [0.5, 0.6) is 5.75 Å². The summed E-state index contributed by atoms with van der Waals surface area (Å²) in [5.74, 6) is 6.29. The summed E-state index contributed by atoms with van der Waals surface area (Å²) in [7, 11) is 0. The van der Waals surface area contributed by atoms with Crippen molar-refractivity contribution in [2.24, 2.45) is 0 Å². The number of unbranched alkanes of at least 4 members (excludes halogenated alkanes) is 1. The van der Waals surface area contributed by atoms with E-state index in [-0.39, 0.29) is 6.61 Å². The van der Waals surface area contributed by atoms with Crippen molar-refractivity contribution >= 4 is 0 Å². The maximum atomic E-state index is 8.75. The van der Waals surface area contributed by atoms with Gasteiger partial charge in [-0.05, 0) is 31.0 Å². The Hall–Kier alpha value is -1.50. The van der Waals surface area contributed by atoms with Crippen LogP contribution in [0.2, 0.25) is 0 Å². The van der Waals surface area contributed by atoms with Gasteiger partial charge in [-0.2, -0.15) is 0 Å². The highest BCUT2D eigenvalue weighted by atomic mass is 16.5. The molecule has 1 aromatic carbocycles. The quantitative estimate of drug-likeness (QED) is 0.606. The van der Waals surface area contributed by atoms with Gasteiger partial charge in [-0.15, -0.1) is 0 Å². The Labute approximate surface area is 115 Å². The lowest BCUT2D eigenvalue weighted by molar-refractivity contribution is 0.0980. The second-order valence-electron chi connectivity index (χ2n) is 4.27. The smallest absolute Gasteiger partial charge is 0.135 e. The minimum atomic E-state index is -0.145. The van der Waals surface area contributed by atoms with Gasteiger partial charge in [0.05, 0.1) is 12.2 Å². The van der Waals surface area contributed by atoms with Gasteiger partial charge in [0.25, 0.3) is 0 Å². The van der Waals surface area contributed by atoms with Gasteiger partial charge in [0.15, 0.2) is 0 Å². The molecule has 1 rings (SSSR count). The van der Waals surface area contributed by atoms with E-state index in [9.17, 15) is 0 Å². The van der Waals surface area contributed by atoms with Gasteiger partial charge in [-0.1, -0.05) is 31.3 Å². The van der Waals surface area contributed by atoms with Crippen molar-refractivity contribution in [1.29, 1.82) is 0 Å². The SMILES string of the molecule is CCCCOCCOc1ccc(C)cc1C#CCO. The number of rotatable bonds is 7. The number of aliphatic hydroxyl groups excluding tert-OH is 1. The predicted molar refractivity (Wildman–Crippen MR) is 76.4 cm³/mol.